The standard InChI is InChI=1S/C11H13BrO2S/c12-9-4-10(15-6-9)5-11(7-13)2-1-3-14-8-11/h4,6-7H,1-3,5,8H2. The van der Waals surface area contributed by atoms with E-state index in [1.807, 2.05) is 0 Å². The third-order valence-corrected chi connectivity index (χ3v) is 4.45. The summed E-state index contributed by atoms with van der Waals surface area (Å²) in [4.78, 5) is 12.5. The maximum absolute atomic E-state index is 11.2. The van der Waals surface area contributed by atoms with Crippen LogP contribution in [0.3, 0.4) is 0 Å². The molecule has 0 bridgehead atoms. The van der Waals surface area contributed by atoms with Crippen molar-refractivity contribution in [1.82, 2.24) is 0 Å². The number of halogens is 1. The van der Waals surface area contributed by atoms with Crippen molar-refractivity contribution in [2.24, 2.45) is 5.41 Å². The Bertz CT molecular complexity index is 342. The van der Waals surface area contributed by atoms with Crippen LogP contribution in [0, 0.1) is 5.41 Å². The first-order valence-electron chi connectivity index (χ1n) is 5.01. The SMILES string of the molecule is O=CC1(Cc2cc(Br)cs2)CCCOC1. The lowest BCUT2D eigenvalue weighted by molar-refractivity contribution is -0.123. The molecular weight excluding hydrogens is 276 g/mol. The summed E-state index contributed by atoms with van der Waals surface area (Å²) >= 11 is 5.12. The minimum atomic E-state index is -0.275. The molecule has 0 aromatic carbocycles. The van der Waals surface area contributed by atoms with E-state index in [9.17, 15) is 4.79 Å². The summed E-state index contributed by atoms with van der Waals surface area (Å²) in [5.41, 5.74) is -0.275. The van der Waals surface area contributed by atoms with Gasteiger partial charge in [-0.15, -0.1) is 11.3 Å². The molecule has 4 heteroatoms. The largest absolute Gasteiger partial charge is 0.380 e. The third-order valence-electron chi connectivity index (χ3n) is 2.75. The highest BCUT2D eigenvalue weighted by molar-refractivity contribution is 9.10. The quantitative estimate of drug-likeness (QED) is 0.799. The van der Waals surface area contributed by atoms with Crippen molar-refractivity contribution in [3.8, 4) is 0 Å². The summed E-state index contributed by atoms with van der Waals surface area (Å²) in [5, 5.41) is 2.05. The van der Waals surface area contributed by atoms with Crippen molar-refractivity contribution < 1.29 is 9.53 Å². The van der Waals surface area contributed by atoms with Crippen molar-refractivity contribution in [3.63, 3.8) is 0 Å². The zero-order valence-electron chi connectivity index (χ0n) is 8.37. The second-order valence-corrected chi connectivity index (χ2v) is 5.96. The van der Waals surface area contributed by atoms with Crippen LogP contribution in [0.25, 0.3) is 0 Å². The number of carbonyl (C=O) groups excluding carboxylic acids is 1. The Morgan fingerprint density at radius 1 is 1.67 bits per heavy atom. The van der Waals surface area contributed by atoms with E-state index in [0.717, 1.165) is 36.6 Å². The molecule has 15 heavy (non-hydrogen) atoms. The van der Waals surface area contributed by atoms with Gasteiger partial charge in [0.15, 0.2) is 0 Å². The minimum Gasteiger partial charge on any atom is -0.380 e. The van der Waals surface area contributed by atoms with Crippen molar-refractivity contribution in [3.05, 3.63) is 20.8 Å². The number of rotatable bonds is 3. The third kappa shape index (κ3) is 2.68. The molecule has 82 valence electrons. The molecule has 0 amide bonds. The Kier molecular flexibility index (Phi) is 3.59. The summed E-state index contributed by atoms with van der Waals surface area (Å²) in [7, 11) is 0. The van der Waals surface area contributed by atoms with Crippen LogP contribution in [0.5, 0.6) is 0 Å². The molecule has 2 heterocycles. The Balaban J connectivity index is 2.10. The van der Waals surface area contributed by atoms with Gasteiger partial charge >= 0.3 is 0 Å². The van der Waals surface area contributed by atoms with Gasteiger partial charge in [0.25, 0.3) is 0 Å². The van der Waals surface area contributed by atoms with Gasteiger partial charge < -0.3 is 9.53 Å². The fourth-order valence-corrected chi connectivity index (χ4v) is 3.55. The van der Waals surface area contributed by atoms with Gasteiger partial charge in [-0.1, -0.05) is 0 Å². The van der Waals surface area contributed by atoms with E-state index in [0.29, 0.717) is 6.61 Å². The van der Waals surface area contributed by atoms with Crippen LogP contribution in [0.2, 0.25) is 0 Å². The first-order valence-corrected chi connectivity index (χ1v) is 6.68. The van der Waals surface area contributed by atoms with Gasteiger partial charge in [0.1, 0.15) is 6.29 Å². The Labute approximate surface area is 102 Å². The van der Waals surface area contributed by atoms with Crippen LogP contribution in [0.4, 0.5) is 0 Å². The van der Waals surface area contributed by atoms with E-state index in [1.165, 1.54) is 4.88 Å². The monoisotopic (exact) mass is 288 g/mol. The van der Waals surface area contributed by atoms with Gasteiger partial charge in [0, 0.05) is 21.3 Å². The predicted molar refractivity (Wildman–Crippen MR) is 64.3 cm³/mol. The fourth-order valence-electron chi connectivity index (χ4n) is 1.94. The van der Waals surface area contributed by atoms with Gasteiger partial charge in [-0.3, -0.25) is 0 Å². The number of ether oxygens (including phenoxy) is 1. The first-order chi connectivity index (χ1) is 7.24. The van der Waals surface area contributed by atoms with Crippen LogP contribution in [-0.4, -0.2) is 19.5 Å². The van der Waals surface area contributed by atoms with Crippen molar-refractivity contribution in [1.29, 1.82) is 0 Å². The molecule has 1 aromatic rings. The van der Waals surface area contributed by atoms with Gasteiger partial charge in [0.2, 0.25) is 0 Å². The second kappa shape index (κ2) is 4.76. The highest BCUT2D eigenvalue weighted by Crippen LogP contribution is 2.33. The lowest BCUT2D eigenvalue weighted by Crippen LogP contribution is -2.35. The Morgan fingerprint density at radius 2 is 2.53 bits per heavy atom. The first kappa shape index (κ1) is 11.3. The van der Waals surface area contributed by atoms with Crippen LogP contribution in [0.1, 0.15) is 17.7 Å². The smallest absolute Gasteiger partial charge is 0.128 e. The summed E-state index contributed by atoms with van der Waals surface area (Å²) < 4.78 is 6.51. The fraction of sp³-hybridized carbons (Fsp3) is 0.545. The summed E-state index contributed by atoms with van der Waals surface area (Å²) in [6.07, 6.45) is 3.84. The van der Waals surface area contributed by atoms with Gasteiger partial charge in [-0.2, -0.15) is 0 Å². The van der Waals surface area contributed by atoms with Crippen molar-refractivity contribution >= 4 is 33.6 Å². The van der Waals surface area contributed by atoms with E-state index in [4.69, 9.17) is 4.74 Å². The van der Waals surface area contributed by atoms with E-state index < -0.39 is 0 Å². The van der Waals surface area contributed by atoms with Crippen molar-refractivity contribution in [2.75, 3.05) is 13.2 Å². The van der Waals surface area contributed by atoms with Crippen LogP contribution in [0.15, 0.2) is 15.9 Å². The van der Waals surface area contributed by atoms with E-state index in [2.05, 4.69) is 27.4 Å². The normalized spacial score (nSPS) is 26.5. The number of aldehydes is 1. The van der Waals surface area contributed by atoms with Crippen molar-refractivity contribution in [2.45, 2.75) is 19.3 Å². The number of hydrogen-bond acceptors (Lipinski definition) is 3. The average Bonchev–Trinajstić information content (AvgIpc) is 2.65. The molecule has 0 N–H and O–H groups in total. The lowest BCUT2D eigenvalue weighted by atomic mass is 9.80. The summed E-state index contributed by atoms with van der Waals surface area (Å²) in [6.45, 7) is 1.37. The molecule has 0 aliphatic carbocycles. The predicted octanol–water partition coefficient (Wildman–Crippen LogP) is 3.05. The molecule has 1 aliphatic rings. The molecule has 1 aliphatic heterocycles. The zero-order valence-corrected chi connectivity index (χ0v) is 10.8. The van der Waals surface area contributed by atoms with Gasteiger partial charge in [-0.25, -0.2) is 0 Å². The zero-order chi connectivity index (χ0) is 10.7. The average molecular weight is 289 g/mol. The van der Waals surface area contributed by atoms with Crippen LogP contribution >= 0.6 is 27.3 Å². The summed E-state index contributed by atoms with van der Waals surface area (Å²) in [6, 6.07) is 2.09. The topological polar surface area (TPSA) is 26.3 Å². The molecule has 2 nitrogen and oxygen atoms in total. The van der Waals surface area contributed by atoms with E-state index >= 15 is 0 Å². The Morgan fingerprint density at radius 3 is 3.07 bits per heavy atom. The molecule has 2 rings (SSSR count). The molecule has 0 saturated carbocycles. The molecule has 1 saturated heterocycles. The highest BCUT2D eigenvalue weighted by atomic mass is 79.9. The van der Waals surface area contributed by atoms with Gasteiger partial charge in [0.05, 0.1) is 12.0 Å². The molecule has 1 unspecified atom stereocenters. The lowest BCUT2D eigenvalue weighted by Gasteiger charge is -2.31. The second-order valence-electron chi connectivity index (χ2n) is 4.04. The van der Waals surface area contributed by atoms with Crippen LogP contribution in [-0.2, 0) is 16.0 Å². The number of hydrogen-bond donors (Lipinski definition) is 0. The minimum absolute atomic E-state index is 0.275. The number of thiophene rings is 1. The molecule has 0 radical (unpaired) electrons. The number of carbonyl (C=O) groups is 1. The summed E-state index contributed by atoms with van der Waals surface area (Å²) in [5.74, 6) is 0. The van der Waals surface area contributed by atoms with Crippen LogP contribution < -0.4 is 0 Å². The maximum Gasteiger partial charge on any atom is 0.128 e. The molecular formula is C11H13BrO2S. The highest BCUT2D eigenvalue weighted by Gasteiger charge is 2.33. The van der Waals surface area contributed by atoms with E-state index in [1.54, 1.807) is 11.3 Å². The molecule has 1 aromatic heterocycles. The van der Waals surface area contributed by atoms with E-state index in [-0.39, 0.29) is 5.41 Å². The van der Waals surface area contributed by atoms with Gasteiger partial charge in [-0.05, 0) is 41.3 Å². The molecule has 1 atom stereocenters. The molecule has 0 spiro atoms. The maximum atomic E-state index is 11.2. The molecule has 1 fully saturated rings. The Hall–Kier alpha value is -0.190.